The topological polar surface area (TPSA) is 55.1 Å². The number of carboxylic acids is 1. The molecule has 0 unspecified atom stereocenters. The van der Waals surface area contributed by atoms with Crippen LogP contribution in [0.25, 0.3) is 11.0 Å². The van der Waals surface area contributed by atoms with Crippen LogP contribution in [-0.4, -0.2) is 20.6 Å². The van der Waals surface area contributed by atoms with Crippen molar-refractivity contribution in [1.82, 2.24) is 9.55 Å². The van der Waals surface area contributed by atoms with E-state index in [9.17, 15) is 4.79 Å². The SMILES string of the molecule is Cc1cc2c[c]cnc2n1CC(=O)O. The molecule has 4 nitrogen and oxygen atoms in total. The van der Waals surface area contributed by atoms with Gasteiger partial charge < -0.3 is 9.67 Å². The monoisotopic (exact) mass is 189 g/mol. The first-order valence-corrected chi connectivity index (χ1v) is 4.22. The number of aromatic nitrogens is 2. The first kappa shape index (κ1) is 8.74. The molecule has 0 aliphatic rings. The van der Waals surface area contributed by atoms with E-state index in [1.807, 2.05) is 13.0 Å². The summed E-state index contributed by atoms with van der Waals surface area (Å²) in [6.45, 7) is 1.82. The van der Waals surface area contributed by atoms with Gasteiger partial charge in [0.05, 0.1) is 0 Å². The van der Waals surface area contributed by atoms with Crippen LogP contribution in [0.3, 0.4) is 0 Å². The maximum absolute atomic E-state index is 10.6. The number of carboxylic acid groups (broad SMARTS) is 1. The van der Waals surface area contributed by atoms with Gasteiger partial charge >= 0.3 is 5.97 Å². The molecule has 0 spiro atoms. The molecule has 1 radical (unpaired) electrons. The van der Waals surface area contributed by atoms with Crippen LogP contribution in [0.4, 0.5) is 0 Å². The Kier molecular flexibility index (Phi) is 1.96. The molecule has 0 aliphatic carbocycles. The Morgan fingerprint density at radius 3 is 3.21 bits per heavy atom. The second kappa shape index (κ2) is 3.14. The Hall–Kier alpha value is -1.84. The number of nitrogens with zero attached hydrogens (tertiary/aromatic N) is 2. The normalized spacial score (nSPS) is 10.6. The summed E-state index contributed by atoms with van der Waals surface area (Å²) < 4.78 is 1.67. The van der Waals surface area contributed by atoms with Crippen LogP contribution in [0, 0.1) is 13.0 Å². The quantitative estimate of drug-likeness (QED) is 0.773. The van der Waals surface area contributed by atoms with Crippen molar-refractivity contribution < 1.29 is 9.90 Å². The van der Waals surface area contributed by atoms with Crippen LogP contribution in [0.1, 0.15) is 5.69 Å². The zero-order valence-corrected chi connectivity index (χ0v) is 7.69. The van der Waals surface area contributed by atoms with Crippen LogP contribution in [0.2, 0.25) is 0 Å². The highest BCUT2D eigenvalue weighted by atomic mass is 16.4. The number of carbonyl (C=O) groups is 1. The van der Waals surface area contributed by atoms with Crippen molar-refractivity contribution in [3.8, 4) is 0 Å². The van der Waals surface area contributed by atoms with E-state index in [0.29, 0.717) is 5.65 Å². The van der Waals surface area contributed by atoms with Crippen LogP contribution < -0.4 is 0 Å². The maximum atomic E-state index is 10.6. The Bertz CT molecular complexity index is 488. The average molecular weight is 189 g/mol. The van der Waals surface area contributed by atoms with E-state index in [1.54, 1.807) is 16.8 Å². The predicted molar refractivity (Wildman–Crippen MR) is 50.9 cm³/mol. The van der Waals surface area contributed by atoms with E-state index in [1.165, 1.54) is 0 Å². The van der Waals surface area contributed by atoms with Gasteiger partial charge in [0.2, 0.25) is 0 Å². The third-order valence-corrected chi connectivity index (χ3v) is 2.10. The molecule has 2 rings (SSSR count). The molecule has 0 bridgehead atoms. The number of pyridine rings is 1. The minimum absolute atomic E-state index is 0.0493. The third-order valence-electron chi connectivity index (χ3n) is 2.10. The van der Waals surface area contributed by atoms with E-state index >= 15 is 0 Å². The van der Waals surface area contributed by atoms with E-state index in [0.717, 1.165) is 11.1 Å². The van der Waals surface area contributed by atoms with Gasteiger partial charge in [-0.3, -0.25) is 4.79 Å². The Morgan fingerprint density at radius 1 is 1.71 bits per heavy atom. The fourth-order valence-corrected chi connectivity index (χ4v) is 1.50. The standard InChI is InChI=1S/C10H9N2O2/c1-7-5-8-3-2-4-11-10(8)12(7)6-9(13)14/h3-5H,6H2,1H3,(H,13,14). The lowest BCUT2D eigenvalue weighted by Crippen LogP contribution is -2.10. The second-order valence-corrected chi connectivity index (χ2v) is 3.11. The summed E-state index contributed by atoms with van der Waals surface area (Å²) in [4.78, 5) is 14.7. The molecule has 4 heteroatoms. The lowest BCUT2D eigenvalue weighted by Gasteiger charge is -2.02. The Labute approximate surface area is 80.8 Å². The maximum Gasteiger partial charge on any atom is 0.323 e. The fraction of sp³-hybridized carbons (Fsp3) is 0.200. The van der Waals surface area contributed by atoms with E-state index in [2.05, 4.69) is 11.1 Å². The lowest BCUT2D eigenvalue weighted by molar-refractivity contribution is -0.137. The summed E-state index contributed by atoms with van der Waals surface area (Å²) in [6.07, 6.45) is 1.54. The molecule has 0 atom stereocenters. The average Bonchev–Trinajstić information content (AvgIpc) is 2.43. The van der Waals surface area contributed by atoms with Gasteiger partial charge in [0.25, 0.3) is 0 Å². The van der Waals surface area contributed by atoms with Gasteiger partial charge in [0.1, 0.15) is 12.2 Å². The van der Waals surface area contributed by atoms with E-state index < -0.39 is 5.97 Å². The number of aliphatic carboxylic acids is 1. The third kappa shape index (κ3) is 1.35. The zero-order valence-electron chi connectivity index (χ0n) is 7.69. The first-order valence-electron chi connectivity index (χ1n) is 4.22. The van der Waals surface area contributed by atoms with Crippen molar-refractivity contribution in [2.75, 3.05) is 0 Å². The van der Waals surface area contributed by atoms with Crippen molar-refractivity contribution in [2.45, 2.75) is 13.5 Å². The van der Waals surface area contributed by atoms with Gasteiger partial charge in [-0.15, -0.1) is 0 Å². The Morgan fingerprint density at radius 2 is 2.50 bits per heavy atom. The van der Waals surface area contributed by atoms with Crippen molar-refractivity contribution >= 4 is 17.0 Å². The van der Waals surface area contributed by atoms with Crippen LogP contribution in [0.5, 0.6) is 0 Å². The molecule has 0 saturated carbocycles. The molecule has 0 aromatic carbocycles. The van der Waals surface area contributed by atoms with Crippen molar-refractivity contribution in [1.29, 1.82) is 0 Å². The molecule has 2 aromatic heterocycles. The summed E-state index contributed by atoms with van der Waals surface area (Å²) in [6, 6.07) is 6.56. The molecule has 0 amide bonds. The Balaban J connectivity index is 2.62. The molecular weight excluding hydrogens is 180 g/mol. The number of hydrogen-bond acceptors (Lipinski definition) is 2. The van der Waals surface area contributed by atoms with Crippen LogP contribution in [-0.2, 0) is 11.3 Å². The highest BCUT2D eigenvalue weighted by Gasteiger charge is 2.08. The lowest BCUT2D eigenvalue weighted by atomic mass is 10.3. The summed E-state index contributed by atoms with van der Waals surface area (Å²) in [5.74, 6) is -0.861. The fourth-order valence-electron chi connectivity index (χ4n) is 1.50. The molecule has 1 N–H and O–H groups in total. The molecule has 0 saturated heterocycles. The minimum Gasteiger partial charge on any atom is -0.480 e. The number of hydrogen-bond donors (Lipinski definition) is 1. The highest BCUT2D eigenvalue weighted by Crippen LogP contribution is 2.16. The van der Waals surface area contributed by atoms with Crippen LogP contribution >= 0.6 is 0 Å². The van der Waals surface area contributed by atoms with Gasteiger partial charge in [-0.2, -0.15) is 0 Å². The van der Waals surface area contributed by atoms with Gasteiger partial charge in [-0.05, 0) is 19.1 Å². The molecule has 2 heterocycles. The van der Waals surface area contributed by atoms with Gasteiger partial charge in [-0.25, -0.2) is 4.98 Å². The molecule has 2 aromatic rings. The second-order valence-electron chi connectivity index (χ2n) is 3.11. The number of fused-ring (bicyclic) bond motifs is 1. The van der Waals surface area contributed by atoms with E-state index in [-0.39, 0.29) is 6.54 Å². The molecular formula is C10H9N2O2. The summed E-state index contributed by atoms with van der Waals surface area (Å²) in [5.41, 5.74) is 1.60. The molecule has 14 heavy (non-hydrogen) atoms. The number of rotatable bonds is 2. The van der Waals surface area contributed by atoms with E-state index in [4.69, 9.17) is 5.11 Å². The van der Waals surface area contributed by atoms with Gasteiger partial charge in [-0.1, -0.05) is 0 Å². The predicted octanol–water partition coefficient (Wildman–Crippen LogP) is 1.23. The smallest absolute Gasteiger partial charge is 0.323 e. The van der Waals surface area contributed by atoms with Gasteiger partial charge in [0, 0.05) is 23.3 Å². The first-order chi connectivity index (χ1) is 6.68. The summed E-state index contributed by atoms with van der Waals surface area (Å²) in [5, 5.41) is 9.64. The zero-order chi connectivity index (χ0) is 10.1. The molecule has 0 aliphatic heterocycles. The number of aryl methyl sites for hydroxylation is 1. The van der Waals surface area contributed by atoms with Gasteiger partial charge in [0.15, 0.2) is 0 Å². The summed E-state index contributed by atoms with van der Waals surface area (Å²) in [7, 11) is 0. The molecule has 0 fully saturated rings. The van der Waals surface area contributed by atoms with Crippen molar-refractivity contribution in [2.24, 2.45) is 0 Å². The molecule has 71 valence electrons. The summed E-state index contributed by atoms with van der Waals surface area (Å²) >= 11 is 0. The highest BCUT2D eigenvalue weighted by molar-refractivity contribution is 5.79. The van der Waals surface area contributed by atoms with Crippen molar-refractivity contribution in [3.05, 3.63) is 30.1 Å². The minimum atomic E-state index is -0.861. The van der Waals surface area contributed by atoms with Crippen LogP contribution in [0.15, 0.2) is 18.3 Å². The van der Waals surface area contributed by atoms with Crippen molar-refractivity contribution in [3.63, 3.8) is 0 Å². The largest absolute Gasteiger partial charge is 0.480 e.